The monoisotopic (exact) mass is 163 g/mol. The Morgan fingerprint density at radius 3 is 2.50 bits per heavy atom. The maximum Gasteiger partial charge on any atom is 0.243 e. The van der Waals surface area contributed by atoms with Gasteiger partial charge in [-0.05, 0) is 12.1 Å². The van der Waals surface area contributed by atoms with Crippen LogP contribution < -0.4 is 5.32 Å². The van der Waals surface area contributed by atoms with Crippen molar-refractivity contribution in [3.8, 4) is 0 Å². The van der Waals surface area contributed by atoms with Crippen LogP contribution in [0.1, 0.15) is 0 Å². The first-order valence-corrected chi connectivity index (χ1v) is 4.04. The molecule has 3 heteroatoms. The van der Waals surface area contributed by atoms with E-state index in [2.05, 4.69) is 5.32 Å². The van der Waals surface area contributed by atoms with Gasteiger partial charge in [-0.2, -0.15) is 0 Å². The van der Waals surface area contributed by atoms with E-state index in [9.17, 15) is 0 Å². The molecule has 0 radical (unpaired) electrons. The van der Waals surface area contributed by atoms with E-state index >= 15 is 0 Å². The lowest BCUT2D eigenvalue weighted by Crippen LogP contribution is -2.14. The molecule has 2 aliphatic rings. The normalized spacial score (nSPS) is 35.5. The molecule has 12 heavy (non-hydrogen) atoms. The summed E-state index contributed by atoms with van der Waals surface area (Å²) >= 11 is 0. The number of epoxide rings is 2. The topological polar surface area (TPSA) is 37.1 Å². The lowest BCUT2D eigenvalue weighted by Gasteiger charge is -2.04. The molecule has 1 aromatic carbocycles. The van der Waals surface area contributed by atoms with E-state index in [0.29, 0.717) is 0 Å². The van der Waals surface area contributed by atoms with Crippen molar-refractivity contribution in [1.29, 1.82) is 0 Å². The van der Waals surface area contributed by atoms with Gasteiger partial charge in [-0.25, -0.2) is 0 Å². The molecule has 3 nitrogen and oxygen atoms in total. The van der Waals surface area contributed by atoms with Crippen LogP contribution in [0.3, 0.4) is 0 Å². The number of hydrogen-bond acceptors (Lipinski definition) is 3. The largest absolute Gasteiger partial charge is 0.379 e. The van der Waals surface area contributed by atoms with Gasteiger partial charge in [0.25, 0.3) is 0 Å². The molecule has 0 bridgehead atoms. The second kappa shape index (κ2) is 2.00. The summed E-state index contributed by atoms with van der Waals surface area (Å²) in [6, 6.07) is 10.0. The summed E-state index contributed by atoms with van der Waals surface area (Å²) in [5, 5.41) is 3.24. The minimum Gasteiger partial charge on any atom is -0.379 e. The van der Waals surface area contributed by atoms with E-state index in [1.807, 2.05) is 30.3 Å². The van der Waals surface area contributed by atoms with Crippen molar-refractivity contribution in [2.75, 3.05) is 11.9 Å². The fraction of sp³-hybridized carbons (Fsp3) is 0.333. The third-order valence-electron chi connectivity index (χ3n) is 2.17. The Labute approximate surface area is 70.3 Å². The third kappa shape index (κ3) is 0.906. The van der Waals surface area contributed by atoms with Crippen LogP contribution in [0.2, 0.25) is 0 Å². The van der Waals surface area contributed by atoms with Gasteiger partial charge < -0.3 is 14.8 Å². The van der Waals surface area contributed by atoms with Crippen molar-refractivity contribution >= 4 is 5.69 Å². The predicted octanol–water partition coefficient (Wildman–Crippen LogP) is 1.18. The second-order valence-electron chi connectivity index (χ2n) is 3.10. The van der Waals surface area contributed by atoms with Crippen molar-refractivity contribution < 1.29 is 9.47 Å². The highest BCUT2D eigenvalue weighted by Gasteiger charge is 2.77. The minimum atomic E-state index is -0.240. The summed E-state index contributed by atoms with van der Waals surface area (Å²) < 4.78 is 10.3. The smallest absolute Gasteiger partial charge is 0.243 e. The number of para-hydroxylation sites is 1. The molecule has 1 aromatic rings. The van der Waals surface area contributed by atoms with Gasteiger partial charge in [0.1, 0.15) is 0 Å². The highest BCUT2D eigenvalue weighted by atomic mass is 17.0. The lowest BCUT2D eigenvalue weighted by molar-refractivity contribution is -0.0430. The molecule has 3 rings (SSSR count). The standard InChI is InChI=1S/C9H9NO2/c1-2-4-7(5-3-1)10-6-9-8(11-9)12-9/h1-5,8,10H,6H2. The third-order valence-corrected chi connectivity index (χ3v) is 2.17. The van der Waals surface area contributed by atoms with Crippen LogP contribution in [-0.4, -0.2) is 18.6 Å². The van der Waals surface area contributed by atoms with Gasteiger partial charge in [0.15, 0.2) is 0 Å². The Morgan fingerprint density at radius 1 is 1.25 bits per heavy atom. The number of nitrogens with one attached hydrogen (secondary N) is 1. The molecule has 0 spiro atoms. The molecular formula is C9H9NO2. The lowest BCUT2D eigenvalue weighted by atomic mass is 10.3. The van der Waals surface area contributed by atoms with Gasteiger partial charge in [0.2, 0.25) is 12.1 Å². The molecule has 2 fully saturated rings. The zero-order valence-electron chi connectivity index (χ0n) is 6.49. The average Bonchev–Trinajstić information content (AvgIpc) is 2.91. The van der Waals surface area contributed by atoms with Gasteiger partial charge >= 0.3 is 0 Å². The highest BCUT2D eigenvalue weighted by molar-refractivity contribution is 5.43. The summed E-state index contributed by atoms with van der Waals surface area (Å²) in [5.41, 5.74) is 1.11. The predicted molar refractivity (Wildman–Crippen MR) is 43.6 cm³/mol. The Kier molecular flexibility index (Phi) is 1.07. The maximum absolute atomic E-state index is 5.13. The van der Waals surface area contributed by atoms with Gasteiger partial charge in [0.05, 0.1) is 6.54 Å². The average molecular weight is 163 g/mol. The zero-order chi connectivity index (χ0) is 8.02. The van der Waals surface area contributed by atoms with Crippen LogP contribution in [0.15, 0.2) is 30.3 Å². The summed E-state index contributed by atoms with van der Waals surface area (Å²) in [6.45, 7) is 0.752. The molecule has 1 N–H and O–H groups in total. The van der Waals surface area contributed by atoms with Crippen molar-refractivity contribution in [1.82, 2.24) is 0 Å². The second-order valence-corrected chi connectivity index (χ2v) is 3.10. The number of anilines is 1. The van der Waals surface area contributed by atoms with Gasteiger partial charge in [-0.1, -0.05) is 18.2 Å². The highest BCUT2D eigenvalue weighted by Crippen LogP contribution is 2.55. The van der Waals surface area contributed by atoms with E-state index in [0.717, 1.165) is 12.2 Å². The van der Waals surface area contributed by atoms with E-state index in [1.54, 1.807) is 0 Å². The minimum absolute atomic E-state index is 0.0914. The molecule has 0 unspecified atom stereocenters. The van der Waals surface area contributed by atoms with Crippen molar-refractivity contribution in [3.05, 3.63) is 30.3 Å². The Balaban J connectivity index is 1.61. The molecule has 2 saturated heterocycles. The molecule has 0 aliphatic carbocycles. The summed E-state index contributed by atoms with van der Waals surface area (Å²) in [4.78, 5) is 0. The summed E-state index contributed by atoms with van der Waals surface area (Å²) in [7, 11) is 0. The Hall–Kier alpha value is -1.06. The zero-order valence-corrected chi connectivity index (χ0v) is 6.49. The van der Waals surface area contributed by atoms with Gasteiger partial charge in [-0.15, -0.1) is 0 Å². The maximum atomic E-state index is 5.13. The quantitative estimate of drug-likeness (QED) is 0.680. The van der Waals surface area contributed by atoms with Crippen LogP contribution >= 0.6 is 0 Å². The number of benzene rings is 1. The van der Waals surface area contributed by atoms with Crippen LogP contribution in [0.25, 0.3) is 0 Å². The van der Waals surface area contributed by atoms with E-state index < -0.39 is 0 Å². The van der Waals surface area contributed by atoms with E-state index in [4.69, 9.17) is 9.47 Å². The Bertz CT molecular complexity index is 293. The molecule has 0 atom stereocenters. The molecule has 62 valence electrons. The van der Waals surface area contributed by atoms with Gasteiger partial charge in [-0.3, -0.25) is 0 Å². The first-order chi connectivity index (χ1) is 5.89. The number of fused-ring (bicyclic) bond motifs is 1. The first-order valence-electron chi connectivity index (χ1n) is 4.04. The first kappa shape index (κ1) is 6.46. The SMILES string of the molecule is c1ccc(NCC23OC2O3)cc1. The van der Waals surface area contributed by atoms with Crippen molar-refractivity contribution in [2.45, 2.75) is 12.1 Å². The van der Waals surface area contributed by atoms with E-state index in [-0.39, 0.29) is 12.1 Å². The summed E-state index contributed by atoms with van der Waals surface area (Å²) in [5.74, 6) is -0.240. The van der Waals surface area contributed by atoms with Crippen LogP contribution in [-0.2, 0) is 9.47 Å². The van der Waals surface area contributed by atoms with Crippen LogP contribution in [0.4, 0.5) is 5.69 Å². The fourth-order valence-corrected chi connectivity index (χ4v) is 1.25. The number of hydrogen-bond donors (Lipinski definition) is 1. The number of ether oxygens (including phenoxy) is 2. The fourth-order valence-electron chi connectivity index (χ4n) is 1.25. The molecule has 2 aliphatic heterocycles. The number of rotatable bonds is 3. The molecule has 0 aromatic heterocycles. The van der Waals surface area contributed by atoms with Crippen LogP contribution in [0.5, 0.6) is 0 Å². The van der Waals surface area contributed by atoms with Crippen LogP contribution in [0, 0.1) is 0 Å². The molecule has 0 saturated carbocycles. The Morgan fingerprint density at radius 2 is 1.92 bits per heavy atom. The van der Waals surface area contributed by atoms with E-state index in [1.165, 1.54) is 0 Å². The van der Waals surface area contributed by atoms with Gasteiger partial charge in [0, 0.05) is 5.69 Å². The molecule has 2 heterocycles. The van der Waals surface area contributed by atoms with Crippen molar-refractivity contribution in [2.24, 2.45) is 0 Å². The molecule has 0 amide bonds. The van der Waals surface area contributed by atoms with Crippen molar-refractivity contribution in [3.63, 3.8) is 0 Å². The molecular weight excluding hydrogens is 154 g/mol. The summed E-state index contributed by atoms with van der Waals surface area (Å²) in [6.07, 6.45) is 0.0914.